The summed E-state index contributed by atoms with van der Waals surface area (Å²) in [6.45, 7) is 1.67. The van der Waals surface area contributed by atoms with Crippen molar-refractivity contribution in [2.75, 3.05) is 11.9 Å². The molecular formula is C28H25N3O2. The molecule has 1 heterocycles. The van der Waals surface area contributed by atoms with Crippen molar-refractivity contribution in [3.05, 3.63) is 113 Å². The van der Waals surface area contributed by atoms with E-state index in [-0.39, 0.29) is 11.9 Å². The van der Waals surface area contributed by atoms with Gasteiger partial charge >= 0.3 is 6.03 Å². The smallest absolute Gasteiger partial charge is 0.319 e. The molecule has 1 aliphatic rings. The Hall–Kier alpha value is -4.12. The number of rotatable bonds is 4. The third kappa shape index (κ3) is 4.58. The van der Waals surface area contributed by atoms with Gasteiger partial charge in [0.1, 0.15) is 0 Å². The molecule has 0 fully saturated rings. The van der Waals surface area contributed by atoms with E-state index in [0.29, 0.717) is 25.2 Å². The predicted octanol–water partition coefficient (Wildman–Crippen LogP) is 5.36. The van der Waals surface area contributed by atoms with Crippen molar-refractivity contribution in [3.63, 3.8) is 0 Å². The van der Waals surface area contributed by atoms with E-state index in [9.17, 15) is 9.59 Å². The number of hydrogen-bond acceptors (Lipinski definition) is 2. The summed E-state index contributed by atoms with van der Waals surface area (Å²) in [6, 6.07) is 29.3. The summed E-state index contributed by atoms with van der Waals surface area (Å²) in [5.74, 6) is 0.0347. The van der Waals surface area contributed by atoms with Crippen LogP contribution in [-0.2, 0) is 19.5 Å². The van der Waals surface area contributed by atoms with Crippen LogP contribution in [-0.4, -0.2) is 23.4 Å². The molecule has 0 aromatic heterocycles. The molecule has 1 aliphatic heterocycles. The van der Waals surface area contributed by atoms with E-state index >= 15 is 0 Å². The van der Waals surface area contributed by atoms with Gasteiger partial charge in [0.25, 0.3) is 5.91 Å². The Labute approximate surface area is 193 Å². The van der Waals surface area contributed by atoms with Gasteiger partial charge in [0.05, 0.1) is 0 Å². The van der Waals surface area contributed by atoms with Gasteiger partial charge in [0.15, 0.2) is 0 Å². The number of benzene rings is 4. The maximum Gasteiger partial charge on any atom is 0.319 e. The molecule has 0 spiro atoms. The molecule has 0 saturated heterocycles. The minimum Gasteiger partial charge on any atom is -0.334 e. The normalized spacial score (nSPS) is 12.8. The number of anilines is 1. The molecule has 4 aromatic rings. The van der Waals surface area contributed by atoms with Crippen LogP contribution in [0.25, 0.3) is 10.8 Å². The second-order valence-electron chi connectivity index (χ2n) is 8.27. The lowest BCUT2D eigenvalue weighted by molar-refractivity contribution is 0.0734. The van der Waals surface area contributed by atoms with Gasteiger partial charge in [-0.25, -0.2) is 4.79 Å². The summed E-state index contributed by atoms with van der Waals surface area (Å²) < 4.78 is 0. The second kappa shape index (κ2) is 9.17. The minimum absolute atomic E-state index is 0.0347. The molecule has 0 unspecified atom stereocenters. The lowest BCUT2D eigenvalue weighted by atomic mass is 9.98. The molecule has 164 valence electrons. The molecule has 5 rings (SSSR count). The van der Waals surface area contributed by atoms with Gasteiger partial charge in [-0.2, -0.15) is 0 Å². The molecule has 5 nitrogen and oxygen atoms in total. The van der Waals surface area contributed by atoms with Crippen LogP contribution in [0.4, 0.5) is 10.5 Å². The molecule has 0 saturated carbocycles. The number of urea groups is 1. The highest BCUT2D eigenvalue weighted by molar-refractivity contribution is 5.94. The minimum atomic E-state index is -0.254. The monoisotopic (exact) mass is 435 g/mol. The summed E-state index contributed by atoms with van der Waals surface area (Å²) in [5.41, 5.74) is 4.77. The fraction of sp³-hybridized carbons (Fsp3) is 0.143. The average molecular weight is 436 g/mol. The highest BCUT2D eigenvalue weighted by Gasteiger charge is 2.22. The molecule has 0 aliphatic carbocycles. The SMILES string of the molecule is O=C(NCc1cccc2ccccc12)Nc1ccc2c(c1)CN(C(=O)c1ccccc1)CC2. The molecule has 5 heteroatoms. The van der Waals surface area contributed by atoms with Crippen LogP contribution in [0.3, 0.4) is 0 Å². The fourth-order valence-electron chi connectivity index (χ4n) is 4.37. The first kappa shape index (κ1) is 20.8. The van der Waals surface area contributed by atoms with Crippen LogP contribution in [0.5, 0.6) is 0 Å². The quantitative estimate of drug-likeness (QED) is 0.453. The number of hydrogen-bond donors (Lipinski definition) is 2. The van der Waals surface area contributed by atoms with E-state index in [4.69, 9.17) is 0 Å². The Bertz CT molecular complexity index is 1310. The fourth-order valence-corrected chi connectivity index (χ4v) is 4.37. The summed E-state index contributed by atoms with van der Waals surface area (Å²) >= 11 is 0. The lowest BCUT2D eigenvalue weighted by Crippen LogP contribution is -2.36. The Morgan fingerprint density at radius 1 is 0.818 bits per heavy atom. The van der Waals surface area contributed by atoms with Crippen molar-refractivity contribution >= 4 is 28.4 Å². The van der Waals surface area contributed by atoms with Gasteiger partial charge in [0, 0.05) is 30.9 Å². The number of carbonyl (C=O) groups is 2. The third-order valence-corrected chi connectivity index (χ3v) is 6.10. The Morgan fingerprint density at radius 2 is 1.61 bits per heavy atom. The molecule has 4 aromatic carbocycles. The van der Waals surface area contributed by atoms with Crippen LogP contribution >= 0.6 is 0 Å². The van der Waals surface area contributed by atoms with E-state index in [1.54, 1.807) is 0 Å². The summed E-state index contributed by atoms with van der Waals surface area (Å²) in [7, 11) is 0. The number of carbonyl (C=O) groups excluding carboxylic acids is 2. The molecule has 2 N–H and O–H groups in total. The van der Waals surface area contributed by atoms with Crippen molar-refractivity contribution in [3.8, 4) is 0 Å². The van der Waals surface area contributed by atoms with Crippen molar-refractivity contribution in [1.29, 1.82) is 0 Å². The van der Waals surface area contributed by atoms with Gasteiger partial charge in [-0.1, -0.05) is 66.7 Å². The third-order valence-electron chi connectivity index (χ3n) is 6.10. The van der Waals surface area contributed by atoms with Gasteiger partial charge in [-0.05, 0) is 58.1 Å². The number of fused-ring (bicyclic) bond motifs is 2. The largest absolute Gasteiger partial charge is 0.334 e. The molecule has 3 amide bonds. The van der Waals surface area contributed by atoms with Crippen LogP contribution < -0.4 is 10.6 Å². The highest BCUT2D eigenvalue weighted by Crippen LogP contribution is 2.24. The lowest BCUT2D eigenvalue weighted by Gasteiger charge is -2.29. The van der Waals surface area contributed by atoms with Gasteiger partial charge < -0.3 is 15.5 Å². The maximum absolute atomic E-state index is 12.8. The maximum atomic E-state index is 12.8. The van der Waals surface area contributed by atoms with E-state index in [1.165, 1.54) is 5.56 Å². The molecule has 0 radical (unpaired) electrons. The van der Waals surface area contributed by atoms with Crippen LogP contribution in [0.1, 0.15) is 27.0 Å². The van der Waals surface area contributed by atoms with Crippen LogP contribution in [0, 0.1) is 0 Å². The summed E-state index contributed by atoms with van der Waals surface area (Å²) in [5, 5.41) is 8.18. The number of nitrogens with one attached hydrogen (secondary N) is 2. The van der Waals surface area contributed by atoms with Gasteiger partial charge in [-0.15, -0.1) is 0 Å². The first-order chi connectivity index (χ1) is 16.2. The van der Waals surface area contributed by atoms with Crippen molar-refractivity contribution < 1.29 is 9.59 Å². The topological polar surface area (TPSA) is 61.4 Å². The molecule has 0 bridgehead atoms. The Kier molecular flexibility index (Phi) is 5.77. The van der Waals surface area contributed by atoms with Crippen LogP contribution in [0.2, 0.25) is 0 Å². The van der Waals surface area contributed by atoms with E-state index < -0.39 is 0 Å². The Morgan fingerprint density at radius 3 is 2.48 bits per heavy atom. The molecule has 0 atom stereocenters. The zero-order valence-corrected chi connectivity index (χ0v) is 18.3. The number of amides is 3. The van der Waals surface area contributed by atoms with Crippen molar-refractivity contribution in [2.45, 2.75) is 19.5 Å². The van der Waals surface area contributed by atoms with E-state index in [1.807, 2.05) is 77.7 Å². The second-order valence-corrected chi connectivity index (χ2v) is 8.27. The Balaban J connectivity index is 1.24. The van der Waals surface area contributed by atoms with E-state index in [0.717, 1.165) is 34.0 Å². The standard InChI is InChI=1S/C28H25N3O2/c32-27(22-8-2-1-3-9-22)31-16-15-20-13-14-25(17-24(20)19-31)30-28(33)29-18-23-11-6-10-21-7-4-5-12-26(21)23/h1-14,17H,15-16,18-19H2,(H2,29,30,33). The first-order valence-electron chi connectivity index (χ1n) is 11.1. The zero-order chi connectivity index (χ0) is 22.6. The predicted molar refractivity (Wildman–Crippen MR) is 131 cm³/mol. The summed E-state index contributed by atoms with van der Waals surface area (Å²) in [6.07, 6.45) is 0.807. The first-order valence-corrected chi connectivity index (χ1v) is 11.1. The van der Waals surface area contributed by atoms with Crippen LogP contribution in [0.15, 0.2) is 91.0 Å². The number of nitrogens with zero attached hydrogens (tertiary/aromatic N) is 1. The van der Waals surface area contributed by atoms with Crippen molar-refractivity contribution in [2.24, 2.45) is 0 Å². The van der Waals surface area contributed by atoms with E-state index in [2.05, 4.69) is 28.8 Å². The van der Waals surface area contributed by atoms with Gasteiger partial charge in [-0.3, -0.25) is 4.79 Å². The summed E-state index contributed by atoms with van der Waals surface area (Å²) in [4.78, 5) is 27.3. The molecular weight excluding hydrogens is 410 g/mol. The van der Waals surface area contributed by atoms with Gasteiger partial charge in [0.2, 0.25) is 0 Å². The zero-order valence-electron chi connectivity index (χ0n) is 18.3. The average Bonchev–Trinajstić information content (AvgIpc) is 2.87. The van der Waals surface area contributed by atoms with Crippen molar-refractivity contribution in [1.82, 2.24) is 10.2 Å². The molecule has 33 heavy (non-hydrogen) atoms. The highest BCUT2D eigenvalue weighted by atomic mass is 16.2.